The Bertz CT molecular complexity index is 616. The van der Waals surface area contributed by atoms with Crippen molar-refractivity contribution in [2.45, 2.75) is 25.8 Å². The fraction of sp³-hybridized carbons (Fsp3) is 0.500. The van der Waals surface area contributed by atoms with E-state index in [-0.39, 0.29) is 12.4 Å². The minimum Gasteiger partial charge on any atom is -0.475 e. The Kier molecular flexibility index (Phi) is 5.80. The fourth-order valence-corrected chi connectivity index (χ4v) is 2.77. The van der Waals surface area contributed by atoms with E-state index < -0.39 is 0 Å². The zero-order valence-corrected chi connectivity index (χ0v) is 13.9. The normalized spacial score (nSPS) is 17.8. The van der Waals surface area contributed by atoms with Crippen LogP contribution in [0.4, 0.5) is 5.82 Å². The summed E-state index contributed by atoms with van der Waals surface area (Å²) in [4.78, 5) is 11.6. The molecule has 3 rings (SSSR count). The number of aromatic nitrogens is 2. The number of benzene rings is 1. The van der Waals surface area contributed by atoms with Gasteiger partial charge in [0.1, 0.15) is 0 Å². The summed E-state index contributed by atoms with van der Waals surface area (Å²) < 4.78 is 5.72. The van der Waals surface area contributed by atoms with Crippen molar-refractivity contribution in [1.29, 1.82) is 0 Å². The Labute approximate surface area is 137 Å². The molecule has 1 aliphatic rings. The number of ether oxygens (including phenoxy) is 1. The Hall–Kier alpha value is -1.59. The maximum Gasteiger partial charge on any atom is 0.258 e. The third-order valence-electron chi connectivity index (χ3n) is 3.96. The van der Waals surface area contributed by atoms with Crippen LogP contribution in [0.25, 0.3) is 11.0 Å². The number of anilines is 1. The van der Waals surface area contributed by atoms with Crippen molar-refractivity contribution in [2.75, 3.05) is 31.6 Å². The van der Waals surface area contributed by atoms with Crippen LogP contribution in [-0.2, 0) is 0 Å². The van der Waals surface area contributed by atoms with Crippen molar-refractivity contribution in [1.82, 2.24) is 15.3 Å². The minimum absolute atomic E-state index is 0. The van der Waals surface area contributed by atoms with Crippen molar-refractivity contribution in [3.63, 3.8) is 0 Å². The molecule has 1 atom stereocenters. The van der Waals surface area contributed by atoms with Gasteiger partial charge in [0.2, 0.25) is 0 Å². The molecule has 6 heteroatoms. The SMILES string of the molecule is CCOc1nc2ccccc2nc1N(C)[C@@H]1CCCNC1.Cl. The molecule has 1 aromatic carbocycles. The number of nitrogens with zero attached hydrogens (tertiary/aromatic N) is 3. The van der Waals surface area contributed by atoms with Gasteiger partial charge in [0.25, 0.3) is 5.88 Å². The summed E-state index contributed by atoms with van der Waals surface area (Å²) in [6.07, 6.45) is 2.36. The molecule has 1 aromatic heterocycles. The number of para-hydroxylation sites is 2. The summed E-state index contributed by atoms with van der Waals surface area (Å²) in [5.74, 6) is 1.47. The van der Waals surface area contributed by atoms with Crippen LogP contribution < -0.4 is 15.0 Å². The van der Waals surface area contributed by atoms with Crippen LogP contribution in [0.15, 0.2) is 24.3 Å². The van der Waals surface area contributed by atoms with Crippen LogP contribution in [0.5, 0.6) is 5.88 Å². The summed E-state index contributed by atoms with van der Waals surface area (Å²) in [6, 6.07) is 8.36. The van der Waals surface area contributed by atoms with E-state index in [0.29, 0.717) is 18.5 Å². The van der Waals surface area contributed by atoms with Crippen molar-refractivity contribution in [3.05, 3.63) is 24.3 Å². The third kappa shape index (κ3) is 3.42. The first-order valence-electron chi connectivity index (χ1n) is 7.62. The lowest BCUT2D eigenvalue weighted by Gasteiger charge is -2.33. The van der Waals surface area contributed by atoms with E-state index in [1.54, 1.807) is 0 Å². The number of hydrogen-bond donors (Lipinski definition) is 1. The number of hydrogen-bond acceptors (Lipinski definition) is 5. The van der Waals surface area contributed by atoms with Gasteiger partial charge in [-0.05, 0) is 38.4 Å². The van der Waals surface area contributed by atoms with Gasteiger partial charge in [-0.25, -0.2) is 9.97 Å². The standard InChI is InChI=1S/C16H22N4O.ClH/c1-3-21-16-15(20(2)12-7-6-10-17-11-12)18-13-8-4-5-9-14(13)19-16;/h4-5,8-9,12,17H,3,6-7,10-11H2,1-2H3;1H/t12-;/m1./s1. The number of likely N-dealkylation sites (N-methyl/N-ethyl adjacent to an activating group) is 1. The molecule has 2 aromatic rings. The van der Waals surface area contributed by atoms with Crippen LogP contribution in [0.1, 0.15) is 19.8 Å². The van der Waals surface area contributed by atoms with Crippen LogP contribution in [-0.4, -0.2) is 42.8 Å². The quantitative estimate of drug-likeness (QED) is 0.937. The molecular weight excluding hydrogens is 300 g/mol. The monoisotopic (exact) mass is 322 g/mol. The van der Waals surface area contributed by atoms with Gasteiger partial charge in [0.05, 0.1) is 17.6 Å². The van der Waals surface area contributed by atoms with Gasteiger partial charge in [-0.3, -0.25) is 0 Å². The summed E-state index contributed by atoms with van der Waals surface area (Å²) in [7, 11) is 2.08. The highest BCUT2D eigenvalue weighted by molar-refractivity contribution is 5.85. The molecule has 0 radical (unpaired) electrons. The lowest BCUT2D eigenvalue weighted by Crippen LogP contribution is -2.44. The summed E-state index contributed by atoms with van der Waals surface area (Å²) in [6.45, 7) is 4.65. The number of rotatable bonds is 4. The highest BCUT2D eigenvalue weighted by Gasteiger charge is 2.23. The fourth-order valence-electron chi connectivity index (χ4n) is 2.77. The van der Waals surface area contributed by atoms with Gasteiger partial charge in [0, 0.05) is 19.6 Å². The zero-order valence-electron chi connectivity index (χ0n) is 13.1. The summed E-state index contributed by atoms with van der Waals surface area (Å²) in [5, 5.41) is 3.44. The van der Waals surface area contributed by atoms with Gasteiger partial charge in [-0.15, -0.1) is 12.4 Å². The van der Waals surface area contributed by atoms with Crippen molar-refractivity contribution >= 4 is 29.3 Å². The molecule has 0 saturated carbocycles. The zero-order chi connectivity index (χ0) is 14.7. The molecule has 120 valence electrons. The highest BCUT2D eigenvalue weighted by Crippen LogP contribution is 2.28. The van der Waals surface area contributed by atoms with E-state index in [4.69, 9.17) is 9.72 Å². The molecule has 1 fully saturated rings. The number of fused-ring (bicyclic) bond motifs is 1. The van der Waals surface area contributed by atoms with Crippen LogP contribution in [0.2, 0.25) is 0 Å². The minimum atomic E-state index is 0. The molecule has 0 unspecified atom stereocenters. The van der Waals surface area contributed by atoms with Gasteiger partial charge < -0.3 is 15.0 Å². The number of nitrogens with one attached hydrogen (secondary N) is 1. The van der Waals surface area contributed by atoms with Crippen molar-refractivity contribution in [2.24, 2.45) is 0 Å². The second kappa shape index (κ2) is 7.61. The molecule has 5 nitrogen and oxygen atoms in total. The number of halogens is 1. The lowest BCUT2D eigenvalue weighted by molar-refractivity contribution is 0.325. The predicted molar refractivity (Wildman–Crippen MR) is 92.2 cm³/mol. The van der Waals surface area contributed by atoms with E-state index >= 15 is 0 Å². The topological polar surface area (TPSA) is 50.3 Å². The average molecular weight is 323 g/mol. The summed E-state index contributed by atoms with van der Waals surface area (Å²) >= 11 is 0. The maximum absolute atomic E-state index is 5.72. The Morgan fingerprint density at radius 1 is 1.27 bits per heavy atom. The van der Waals surface area contributed by atoms with Crippen molar-refractivity contribution < 1.29 is 4.74 Å². The molecule has 1 N–H and O–H groups in total. The van der Waals surface area contributed by atoms with E-state index in [2.05, 4.69) is 22.2 Å². The second-order valence-electron chi connectivity index (χ2n) is 5.39. The molecule has 0 amide bonds. The number of piperidine rings is 1. The first-order valence-corrected chi connectivity index (χ1v) is 7.62. The Balaban J connectivity index is 0.00000176. The van der Waals surface area contributed by atoms with E-state index in [9.17, 15) is 0 Å². The smallest absolute Gasteiger partial charge is 0.258 e. The summed E-state index contributed by atoms with van der Waals surface area (Å²) in [5.41, 5.74) is 1.78. The van der Waals surface area contributed by atoms with E-state index in [0.717, 1.165) is 29.9 Å². The van der Waals surface area contributed by atoms with Gasteiger partial charge in [-0.1, -0.05) is 12.1 Å². The van der Waals surface area contributed by atoms with Crippen LogP contribution in [0.3, 0.4) is 0 Å². The molecule has 0 aliphatic carbocycles. The molecule has 2 heterocycles. The van der Waals surface area contributed by atoms with Gasteiger partial charge >= 0.3 is 0 Å². The van der Waals surface area contributed by atoms with Crippen LogP contribution in [0, 0.1) is 0 Å². The van der Waals surface area contributed by atoms with Gasteiger partial charge in [-0.2, -0.15) is 0 Å². The molecule has 22 heavy (non-hydrogen) atoms. The third-order valence-corrected chi connectivity index (χ3v) is 3.96. The van der Waals surface area contributed by atoms with Crippen molar-refractivity contribution in [3.8, 4) is 5.88 Å². The van der Waals surface area contributed by atoms with Crippen LogP contribution >= 0.6 is 12.4 Å². The molecular formula is C16H23ClN4O. The first-order chi connectivity index (χ1) is 10.3. The first kappa shape index (κ1) is 16.8. The molecule has 0 spiro atoms. The van der Waals surface area contributed by atoms with Gasteiger partial charge in [0.15, 0.2) is 5.82 Å². The predicted octanol–water partition coefficient (Wildman–Crippen LogP) is 2.64. The molecule has 0 bridgehead atoms. The van der Waals surface area contributed by atoms with E-state index in [1.165, 1.54) is 12.8 Å². The highest BCUT2D eigenvalue weighted by atomic mass is 35.5. The van der Waals surface area contributed by atoms with E-state index in [1.807, 2.05) is 31.2 Å². The largest absolute Gasteiger partial charge is 0.475 e. The second-order valence-corrected chi connectivity index (χ2v) is 5.39. The Morgan fingerprint density at radius 2 is 2.00 bits per heavy atom. The maximum atomic E-state index is 5.72. The lowest BCUT2D eigenvalue weighted by atomic mass is 10.1. The average Bonchev–Trinajstić information content (AvgIpc) is 2.55. The Morgan fingerprint density at radius 3 is 2.64 bits per heavy atom. The molecule has 1 aliphatic heterocycles. The molecule has 1 saturated heterocycles.